The van der Waals surface area contributed by atoms with Crippen LogP contribution in [0.5, 0.6) is 0 Å². The van der Waals surface area contributed by atoms with Crippen LogP contribution in [-0.2, 0) is 52.7 Å². The van der Waals surface area contributed by atoms with Crippen molar-refractivity contribution in [1.29, 1.82) is 0 Å². The minimum atomic E-state index is -1.86. The van der Waals surface area contributed by atoms with Gasteiger partial charge in [-0.25, -0.2) is 14.4 Å². The van der Waals surface area contributed by atoms with Crippen molar-refractivity contribution in [3.8, 4) is 0 Å². The van der Waals surface area contributed by atoms with Crippen LogP contribution in [0.1, 0.15) is 44.9 Å². The maximum atomic E-state index is 13.3. The van der Waals surface area contributed by atoms with E-state index in [2.05, 4.69) is 21.3 Å². The summed E-state index contributed by atoms with van der Waals surface area (Å²) in [7, 11) is 0. The predicted octanol–water partition coefficient (Wildman–Crippen LogP) is -5.26. The molecule has 1 aliphatic rings. The van der Waals surface area contributed by atoms with Gasteiger partial charge in [-0.2, -0.15) is 0 Å². The number of carboxylic acids is 8. The lowest BCUT2D eigenvalue weighted by Crippen LogP contribution is -2.56. The number of hydrogen-bond donors (Lipinski definition) is 13. The van der Waals surface area contributed by atoms with E-state index in [9.17, 15) is 93.3 Å². The lowest BCUT2D eigenvalue weighted by Gasteiger charge is -2.33. The molecule has 0 radical (unpaired) electrons. The van der Waals surface area contributed by atoms with Gasteiger partial charge in [0.1, 0.15) is 24.2 Å². The zero-order valence-corrected chi connectivity index (χ0v) is 35.2. The molecule has 0 aliphatic carbocycles. The molecule has 0 spiro atoms. The van der Waals surface area contributed by atoms with E-state index in [1.54, 1.807) is 0 Å². The topological polar surface area (TPSA) is 440 Å². The molecule has 366 valence electrons. The van der Waals surface area contributed by atoms with Gasteiger partial charge in [-0.1, -0.05) is 0 Å². The van der Waals surface area contributed by atoms with E-state index < -0.39 is 141 Å². The molecule has 1 aliphatic heterocycles. The van der Waals surface area contributed by atoms with Gasteiger partial charge < -0.3 is 67.4 Å². The van der Waals surface area contributed by atoms with E-state index >= 15 is 0 Å². The van der Waals surface area contributed by atoms with Gasteiger partial charge in [-0.15, -0.1) is 0 Å². The van der Waals surface area contributed by atoms with Crippen LogP contribution in [-0.4, -0.2) is 241 Å². The summed E-state index contributed by atoms with van der Waals surface area (Å²) in [5, 5.41) is 85.4. The normalized spacial score (nSPS) is 16.4. The van der Waals surface area contributed by atoms with Crippen LogP contribution in [0.3, 0.4) is 0 Å². The number of nitrogens with one attached hydrogen (secondary N) is 5. The first kappa shape index (κ1) is 56.3. The maximum absolute atomic E-state index is 13.3. The molecule has 29 heteroatoms. The lowest BCUT2D eigenvalue weighted by molar-refractivity contribution is -0.143. The summed E-state index contributed by atoms with van der Waals surface area (Å²) in [5.41, 5.74) is 0. The number of hydrogen-bond acceptors (Lipinski definition) is 16. The second-order valence-electron chi connectivity index (χ2n) is 14.8. The largest absolute Gasteiger partial charge is 0.481 e. The second-order valence-corrected chi connectivity index (χ2v) is 14.8. The third-order valence-corrected chi connectivity index (χ3v) is 9.49. The molecular formula is C36H57N9O20. The Morgan fingerprint density at radius 2 is 0.785 bits per heavy atom. The Kier molecular flexibility index (Phi) is 25.6. The highest BCUT2D eigenvalue weighted by Crippen LogP contribution is 2.06. The van der Waals surface area contributed by atoms with Gasteiger partial charge in [0.25, 0.3) is 0 Å². The fourth-order valence-electron chi connectivity index (χ4n) is 6.22. The maximum Gasteiger partial charge on any atom is 0.326 e. The number of aliphatic carboxylic acids is 8. The average molecular weight is 936 g/mol. The molecule has 1 heterocycles. The van der Waals surface area contributed by atoms with Gasteiger partial charge in [-0.3, -0.25) is 62.8 Å². The van der Waals surface area contributed by atoms with E-state index in [0.29, 0.717) is 0 Å². The number of carbonyl (C=O) groups is 12. The highest BCUT2D eigenvalue weighted by molar-refractivity contribution is 5.95. The lowest BCUT2D eigenvalue weighted by atomic mass is 10.1. The highest BCUT2D eigenvalue weighted by Gasteiger charge is 2.31. The Balaban J connectivity index is 3.00. The smallest absolute Gasteiger partial charge is 0.326 e. The molecule has 0 unspecified atom stereocenters. The SMILES string of the molecule is O=C(O)CC[C@H](NC(=O)N[C@@H](CCCCNC(=O)[C@@H](CC(=O)O)NC(=O)[C@@H](CC(=O)O)NC(=O)CN1CCN(CC(=O)O)CCN(CC(=O)O)CCN(CC(=O)O)CC1)C(=O)O)C(=O)O. The molecule has 0 aromatic carbocycles. The molecule has 4 atom stereocenters. The number of nitrogens with zero attached hydrogens (tertiary/aromatic N) is 4. The average Bonchev–Trinajstić information content (AvgIpc) is 3.17. The predicted molar refractivity (Wildman–Crippen MR) is 215 cm³/mol. The molecule has 1 saturated heterocycles. The number of unbranched alkanes of at least 4 members (excludes halogenated alkanes) is 1. The number of amides is 5. The van der Waals surface area contributed by atoms with Crippen LogP contribution in [0.15, 0.2) is 0 Å². The number of carboxylic acid groups (broad SMARTS) is 8. The van der Waals surface area contributed by atoms with E-state index in [0.717, 1.165) is 0 Å². The zero-order chi connectivity index (χ0) is 49.2. The molecule has 1 fully saturated rings. The minimum Gasteiger partial charge on any atom is -0.481 e. The van der Waals surface area contributed by atoms with Gasteiger partial charge in [0.15, 0.2) is 0 Å². The van der Waals surface area contributed by atoms with Crippen molar-refractivity contribution in [1.82, 2.24) is 46.2 Å². The quantitative estimate of drug-likeness (QED) is 0.0326. The molecule has 0 aromatic rings. The molecule has 29 nitrogen and oxygen atoms in total. The Labute approximate surface area is 370 Å². The molecule has 1 rings (SSSR count). The van der Waals surface area contributed by atoms with Gasteiger partial charge >= 0.3 is 53.8 Å². The molecule has 0 aromatic heterocycles. The molecule has 0 saturated carbocycles. The van der Waals surface area contributed by atoms with Crippen LogP contribution in [0.4, 0.5) is 4.79 Å². The van der Waals surface area contributed by atoms with E-state index in [-0.39, 0.29) is 84.7 Å². The van der Waals surface area contributed by atoms with Crippen molar-refractivity contribution >= 4 is 71.5 Å². The summed E-state index contributed by atoms with van der Waals surface area (Å²) in [4.78, 5) is 150. The van der Waals surface area contributed by atoms with Crippen LogP contribution in [0, 0.1) is 0 Å². The van der Waals surface area contributed by atoms with Crippen molar-refractivity contribution in [3.05, 3.63) is 0 Å². The standard InChI is InChI=1S/C36H57N9O20/c46-25(17-42-7-9-43(18-29(53)54)11-13-45(20-31(57)58)14-12-44(10-8-42)19-30(55)56)38-24(16-28(51)52)33(60)39-23(15-27(49)50)32(59)37-6-2-1-3-21(34(61)62)40-36(65)41-22(35(63)64)4-5-26(47)48/h21-24H,1-20H2,(H,37,59)(H,38,46)(H,39,60)(H,47,48)(H,49,50)(H,51,52)(H,53,54)(H,55,56)(H,57,58)(H,61,62)(H,63,64)(H2,40,41,65)/t21-,22-,23+,24+/m0/s1. The summed E-state index contributed by atoms with van der Waals surface area (Å²) < 4.78 is 0. The first-order valence-electron chi connectivity index (χ1n) is 20.1. The third kappa shape index (κ3) is 25.9. The molecular weight excluding hydrogens is 878 g/mol. The van der Waals surface area contributed by atoms with E-state index in [1.807, 2.05) is 5.32 Å². The van der Waals surface area contributed by atoms with Crippen LogP contribution in [0.2, 0.25) is 0 Å². The molecule has 13 N–H and O–H groups in total. The van der Waals surface area contributed by atoms with Crippen molar-refractivity contribution in [2.75, 3.05) is 85.1 Å². The van der Waals surface area contributed by atoms with Gasteiger partial charge in [0.05, 0.1) is 39.0 Å². The van der Waals surface area contributed by atoms with Gasteiger partial charge in [0, 0.05) is 65.3 Å². The Morgan fingerprint density at radius 3 is 1.15 bits per heavy atom. The Morgan fingerprint density at radius 1 is 0.400 bits per heavy atom. The van der Waals surface area contributed by atoms with Crippen molar-refractivity contribution < 1.29 is 98.4 Å². The van der Waals surface area contributed by atoms with Crippen LogP contribution < -0.4 is 26.6 Å². The van der Waals surface area contributed by atoms with Gasteiger partial charge in [0.2, 0.25) is 17.7 Å². The first-order chi connectivity index (χ1) is 30.4. The Bertz CT molecular complexity index is 1680. The molecule has 5 amide bonds. The van der Waals surface area contributed by atoms with Crippen LogP contribution in [0.25, 0.3) is 0 Å². The van der Waals surface area contributed by atoms with Crippen molar-refractivity contribution in [2.45, 2.75) is 69.1 Å². The van der Waals surface area contributed by atoms with Crippen LogP contribution >= 0.6 is 0 Å². The summed E-state index contributed by atoms with van der Waals surface area (Å²) in [6.45, 7) is -1.55. The van der Waals surface area contributed by atoms with Crippen molar-refractivity contribution in [2.24, 2.45) is 0 Å². The fraction of sp³-hybridized carbons (Fsp3) is 0.667. The first-order valence-corrected chi connectivity index (χ1v) is 20.1. The summed E-state index contributed by atoms with van der Waals surface area (Å²) in [6.07, 6.45) is -3.31. The summed E-state index contributed by atoms with van der Waals surface area (Å²) >= 11 is 0. The second kappa shape index (κ2) is 29.6. The number of rotatable bonds is 28. The third-order valence-electron chi connectivity index (χ3n) is 9.49. The zero-order valence-electron chi connectivity index (χ0n) is 35.2. The fourth-order valence-corrected chi connectivity index (χ4v) is 6.22. The summed E-state index contributed by atoms with van der Waals surface area (Å²) in [5.74, 6) is -14.3. The molecule has 0 bridgehead atoms. The summed E-state index contributed by atoms with van der Waals surface area (Å²) in [6, 6.07) is -8.05. The number of carbonyl (C=O) groups excluding carboxylic acids is 4. The van der Waals surface area contributed by atoms with E-state index in [4.69, 9.17) is 5.11 Å². The highest BCUT2D eigenvalue weighted by atomic mass is 16.4. The Hall–Kier alpha value is -6.72. The van der Waals surface area contributed by atoms with E-state index in [1.165, 1.54) is 19.6 Å². The van der Waals surface area contributed by atoms with Crippen molar-refractivity contribution in [3.63, 3.8) is 0 Å². The monoisotopic (exact) mass is 935 g/mol. The van der Waals surface area contributed by atoms with Gasteiger partial charge in [-0.05, 0) is 25.7 Å². The molecule has 65 heavy (non-hydrogen) atoms. The number of urea groups is 1. The minimum absolute atomic E-state index is 0.00337.